The maximum atomic E-state index is 14.0. The number of amides is 2. The summed E-state index contributed by atoms with van der Waals surface area (Å²) in [4.78, 5) is 29.0. The summed E-state index contributed by atoms with van der Waals surface area (Å²) in [5.74, 6) is 1.73. The van der Waals surface area contributed by atoms with Crippen molar-refractivity contribution in [3.05, 3.63) is 77.4 Å². The van der Waals surface area contributed by atoms with Crippen LogP contribution in [0.5, 0.6) is 23.0 Å². The smallest absolute Gasteiger partial charge is 0.255 e. The van der Waals surface area contributed by atoms with E-state index in [1.165, 1.54) is 0 Å². The van der Waals surface area contributed by atoms with E-state index in [1.54, 1.807) is 50.6 Å². The molecule has 1 aliphatic carbocycles. The monoisotopic (exact) mass is 531 g/mol. The highest BCUT2D eigenvalue weighted by Crippen LogP contribution is 2.34. The second-order valence-electron chi connectivity index (χ2n) is 9.70. The Balaban J connectivity index is 1.43. The van der Waals surface area contributed by atoms with Gasteiger partial charge in [0.2, 0.25) is 6.79 Å². The number of fused-ring (bicyclic) bond motifs is 1. The average Bonchev–Trinajstić information content (AvgIpc) is 3.44. The van der Waals surface area contributed by atoms with E-state index < -0.39 is 0 Å². The Labute approximate surface area is 227 Å². The van der Waals surface area contributed by atoms with Gasteiger partial charge >= 0.3 is 0 Å². The Kier molecular flexibility index (Phi) is 7.88. The summed E-state index contributed by atoms with van der Waals surface area (Å²) >= 11 is 0. The Bertz CT molecular complexity index is 1360. The van der Waals surface area contributed by atoms with Gasteiger partial charge in [0, 0.05) is 35.4 Å². The van der Waals surface area contributed by atoms with Crippen molar-refractivity contribution in [1.82, 2.24) is 4.90 Å². The summed E-state index contributed by atoms with van der Waals surface area (Å²) in [7, 11) is 3.10. The maximum absolute atomic E-state index is 14.0. The summed E-state index contributed by atoms with van der Waals surface area (Å²) in [5, 5.41) is 3.01. The first kappa shape index (κ1) is 26.4. The molecule has 204 valence electrons. The number of rotatable bonds is 8. The molecule has 0 bridgehead atoms. The predicted octanol–water partition coefficient (Wildman–Crippen LogP) is 4.60. The molecule has 9 nitrogen and oxygen atoms in total. The van der Waals surface area contributed by atoms with Crippen LogP contribution in [0.3, 0.4) is 0 Å². The fourth-order valence-electron chi connectivity index (χ4n) is 5.20. The van der Waals surface area contributed by atoms with Crippen molar-refractivity contribution in [2.75, 3.05) is 26.3 Å². The van der Waals surface area contributed by atoms with E-state index in [2.05, 4.69) is 5.32 Å². The van der Waals surface area contributed by atoms with Crippen molar-refractivity contribution in [2.24, 2.45) is 5.73 Å². The highest BCUT2D eigenvalue weighted by atomic mass is 16.7. The summed E-state index contributed by atoms with van der Waals surface area (Å²) in [6.45, 7) is 0.416. The van der Waals surface area contributed by atoms with E-state index in [-0.39, 0.29) is 37.2 Å². The van der Waals surface area contributed by atoms with Gasteiger partial charge in [-0.15, -0.1) is 0 Å². The molecule has 0 saturated heterocycles. The minimum atomic E-state index is -0.284. The molecule has 3 N–H and O–H groups in total. The van der Waals surface area contributed by atoms with Gasteiger partial charge < -0.3 is 34.9 Å². The summed E-state index contributed by atoms with van der Waals surface area (Å²) < 4.78 is 21.6. The van der Waals surface area contributed by atoms with Gasteiger partial charge in [0.05, 0.1) is 14.2 Å². The third-order valence-electron chi connectivity index (χ3n) is 7.31. The zero-order valence-corrected chi connectivity index (χ0v) is 22.1. The molecule has 1 aliphatic heterocycles. The number of hydrogen-bond acceptors (Lipinski definition) is 7. The van der Waals surface area contributed by atoms with Crippen LogP contribution >= 0.6 is 0 Å². The van der Waals surface area contributed by atoms with Gasteiger partial charge in [-0.3, -0.25) is 9.59 Å². The predicted molar refractivity (Wildman–Crippen MR) is 147 cm³/mol. The van der Waals surface area contributed by atoms with Crippen molar-refractivity contribution in [1.29, 1.82) is 0 Å². The lowest BCUT2D eigenvalue weighted by Gasteiger charge is -2.39. The minimum absolute atomic E-state index is 0.135. The molecule has 2 atom stereocenters. The molecule has 0 spiro atoms. The molecule has 2 aliphatic rings. The maximum Gasteiger partial charge on any atom is 0.255 e. The zero-order chi connectivity index (χ0) is 27.4. The first-order valence-electron chi connectivity index (χ1n) is 13.1. The third kappa shape index (κ3) is 5.63. The molecule has 9 heteroatoms. The number of anilines is 1. The van der Waals surface area contributed by atoms with E-state index in [0.29, 0.717) is 39.8 Å². The number of carbonyl (C=O) groups excluding carboxylic acids is 2. The van der Waals surface area contributed by atoms with Gasteiger partial charge in [0.1, 0.15) is 0 Å². The number of benzene rings is 3. The molecule has 0 aromatic heterocycles. The van der Waals surface area contributed by atoms with Crippen LogP contribution in [0.25, 0.3) is 0 Å². The van der Waals surface area contributed by atoms with E-state index in [9.17, 15) is 9.59 Å². The Morgan fingerprint density at radius 2 is 1.67 bits per heavy atom. The largest absolute Gasteiger partial charge is 0.493 e. The fourth-order valence-corrected chi connectivity index (χ4v) is 5.20. The van der Waals surface area contributed by atoms with Crippen LogP contribution in [0.15, 0.2) is 60.7 Å². The number of carbonyl (C=O) groups is 2. The SMILES string of the molecule is COc1ccc(C(=O)N(Cc2ccccc2NC(=O)c2ccc3c(c2)OCO3)C2CCCCC2N)cc1OC. The first-order valence-corrected chi connectivity index (χ1v) is 13.1. The van der Waals surface area contributed by atoms with E-state index in [1.807, 2.05) is 29.2 Å². The van der Waals surface area contributed by atoms with Crippen LogP contribution in [-0.4, -0.2) is 49.8 Å². The molecule has 2 amide bonds. The Morgan fingerprint density at radius 3 is 2.46 bits per heavy atom. The van der Waals surface area contributed by atoms with Crippen molar-refractivity contribution < 1.29 is 28.5 Å². The Hall–Kier alpha value is -4.24. The molecule has 3 aromatic rings. The van der Waals surface area contributed by atoms with Gasteiger partial charge in [-0.1, -0.05) is 31.0 Å². The molecule has 1 saturated carbocycles. The number of nitrogens with zero attached hydrogens (tertiary/aromatic N) is 1. The van der Waals surface area contributed by atoms with Crippen LogP contribution in [0.1, 0.15) is 52.0 Å². The van der Waals surface area contributed by atoms with Crippen molar-refractivity contribution in [2.45, 2.75) is 44.3 Å². The number of ether oxygens (including phenoxy) is 4. The molecule has 1 heterocycles. The van der Waals surface area contributed by atoms with Gasteiger partial charge in [-0.25, -0.2) is 0 Å². The number of methoxy groups -OCH3 is 2. The topological polar surface area (TPSA) is 112 Å². The highest BCUT2D eigenvalue weighted by molar-refractivity contribution is 6.05. The van der Waals surface area contributed by atoms with Crippen LogP contribution in [0.2, 0.25) is 0 Å². The number of nitrogens with one attached hydrogen (secondary N) is 1. The van der Waals surface area contributed by atoms with Crippen LogP contribution in [0, 0.1) is 0 Å². The van der Waals surface area contributed by atoms with Gasteiger partial charge in [-0.2, -0.15) is 0 Å². The van der Waals surface area contributed by atoms with Crippen LogP contribution in [0.4, 0.5) is 5.69 Å². The second-order valence-corrected chi connectivity index (χ2v) is 9.70. The zero-order valence-electron chi connectivity index (χ0n) is 22.1. The molecule has 3 aromatic carbocycles. The molecule has 39 heavy (non-hydrogen) atoms. The van der Waals surface area contributed by atoms with Gasteiger partial charge in [0.15, 0.2) is 23.0 Å². The summed E-state index contributed by atoms with van der Waals surface area (Å²) in [6, 6.07) is 17.4. The molecular weight excluding hydrogens is 498 g/mol. The lowest BCUT2D eigenvalue weighted by molar-refractivity contribution is 0.0584. The lowest BCUT2D eigenvalue weighted by atomic mass is 9.89. The first-order chi connectivity index (χ1) is 19.0. The standard InChI is InChI=1S/C30H33N3O6/c1-36-25-13-12-20(16-27(25)37-2)30(35)33(24-10-6-4-8-22(24)31)17-21-7-3-5-9-23(21)32-29(34)19-11-14-26-28(15-19)39-18-38-26/h3,5,7,9,11-16,22,24H,4,6,8,10,17-18,31H2,1-2H3,(H,32,34). The quantitative estimate of drug-likeness (QED) is 0.437. The van der Waals surface area contributed by atoms with Crippen LogP contribution in [-0.2, 0) is 6.54 Å². The van der Waals surface area contributed by atoms with Crippen LogP contribution < -0.4 is 30.0 Å². The minimum Gasteiger partial charge on any atom is -0.493 e. The summed E-state index contributed by atoms with van der Waals surface area (Å²) in [5.41, 5.74) is 8.91. The number of para-hydroxylation sites is 1. The molecule has 5 rings (SSSR count). The fraction of sp³-hybridized carbons (Fsp3) is 0.333. The van der Waals surface area contributed by atoms with E-state index >= 15 is 0 Å². The van der Waals surface area contributed by atoms with Crippen molar-refractivity contribution in [3.63, 3.8) is 0 Å². The average molecular weight is 532 g/mol. The van der Waals surface area contributed by atoms with Gasteiger partial charge in [0.25, 0.3) is 11.8 Å². The second kappa shape index (κ2) is 11.7. The lowest BCUT2D eigenvalue weighted by Crippen LogP contribution is -2.51. The van der Waals surface area contributed by atoms with E-state index in [4.69, 9.17) is 24.7 Å². The molecular formula is C30H33N3O6. The molecule has 1 fully saturated rings. The molecule has 0 radical (unpaired) electrons. The number of nitrogens with two attached hydrogens (primary N) is 1. The van der Waals surface area contributed by atoms with Crippen molar-refractivity contribution >= 4 is 17.5 Å². The van der Waals surface area contributed by atoms with E-state index in [0.717, 1.165) is 31.2 Å². The van der Waals surface area contributed by atoms with Crippen molar-refractivity contribution in [3.8, 4) is 23.0 Å². The number of hydrogen-bond donors (Lipinski definition) is 2. The highest BCUT2D eigenvalue weighted by Gasteiger charge is 2.32. The van der Waals surface area contributed by atoms with Gasteiger partial charge in [-0.05, 0) is 60.9 Å². The summed E-state index contributed by atoms with van der Waals surface area (Å²) in [6.07, 6.45) is 3.70. The Morgan fingerprint density at radius 1 is 0.923 bits per heavy atom. The normalized spacial score (nSPS) is 17.8. The third-order valence-corrected chi connectivity index (χ3v) is 7.31. The molecule has 2 unspecified atom stereocenters.